The zero-order chi connectivity index (χ0) is 17.4. The number of hydrogen-bond donors (Lipinski definition) is 1. The molecule has 126 valence electrons. The Morgan fingerprint density at radius 2 is 2.00 bits per heavy atom. The third-order valence-corrected chi connectivity index (χ3v) is 4.18. The number of nitrogens with zero attached hydrogens (tertiary/aromatic N) is 3. The fraction of sp³-hybridized carbons (Fsp3) is 0.375. The summed E-state index contributed by atoms with van der Waals surface area (Å²) >= 11 is 0. The van der Waals surface area contributed by atoms with Crippen molar-refractivity contribution in [2.75, 3.05) is 12.4 Å². The molecule has 8 nitrogen and oxygen atoms in total. The van der Waals surface area contributed by atoms with E-state index < -0.39 is 22.8 Å². The van der Waals surface area contributed by atoms with Gasteiger partial charge in [0.15, 0.2) is 0 Å². The normalized spacial score (nSPS) is 19.8. The number of amides is 1. The average Bonchev–Trinajstić information content (AvgIpc) is 2.97. The molecule has 0 saturated heterocycles. The van der Waals surface area contributed by atoms with Crippen molar-refractivity contribution in [3.63, 3.8) is 0 Å². The van der Waals surface area contributed by atoms with E-state index in [4.69, 9.17) is 4.74 Å². The van der Waals surface area contributed by atoms with Gasteiger partial charge in [-0.15, -0.1) is 0 Å². The molecule has 0 saturated carbocycles. The van der Waals surface area contributed by atoms with E-state index in [2.05, 4.69) is 10.4 Å². The Morgan fingerprint density at radius 3 is 2.54 bits per heavy atom. The highest BCUT2D eigenvalue weighted by Gasteiger charge is 2.47. The number of methoxy groups -OCH3 is 1. The molecule has 0 spiro atoms. The number of fused-ring (bicyclic) bond motifs is 1. The Balaban J connectivity index is 2.15. The number of rotatable bonds is 4. The van der Waals surface area contributed by atoms with Crippen LogP contribution < -0.4 is 10.1 Å². The second-order valence-corrected chi connectivity index (χ2v) is 5.96. The Labute approximate surface area is 138 Å². The molecule has 0 radical (unpaired) electrons. The molecule has 1 aliphatic heterocycles. The highest BCUT2D eigenvalue weighted by Crippen LogP contribution is 2.39. The second-order valence-electron chi connectivity index (χ2n) is 5.96. The molecule has 1 N–H and O–H groups in total. The molecule has 2 atom stereocenters. The van der Waals surface area contributed by atoms with Gasteiger partial charge in [-0.25, -0.2) is 4.68 Å². The fourth-order valence-electron chi connectivity index (χ4n) is 3.03. The fourth-order valence-corrected chi connectivity index (χ4v) is 3.03. The Morgan fingerprint density at radius 1 is 1.33 bits per heavy atom. The monoisotopic (exact) mass is 330 g/mol. The molecular formula is C16H18N4O4. The van der Waals surface area contributed by atoms with Crippen LogP contribution in [0.5, 0.6) is 5.75 Å². The number of carbonyl (C=O) groups is 1. The van der Waals surface area contributed by atoms with Crippen LogP contribution in [-0.4, -0.2) is 33.8 Å². The predicted molar refractivity (Wildman–Crippen MR) is 86.9 cm³/mol. The predicted octanol–water partition coefficient (Wildman–Crippen LogP) is 2.20. The van der Waals surface area contributed by atoms with Gasteiger partial charge in [-0.2, -0.15) is 5.10 Å². The molecule has 1 amide bonds. The first kappa shape index (κ1) is 16.0. The van der Waals surface area contributed by atoms with Crippen LogP contribution in [0.25, 0.3) is 0 Å². The van der Waals surface area contributed by atoms with Crippen LogP contribution in [0.15, 0.2) is 30.5 Å². The molecule has 3 rings (SSSR count). The van der Waals surface area contributed by atoms with Crippen molar-refractivity contribution in [3.8, 4) is 5.75 Å². The molecule has 2 aromatic rings. The largest absolute Gasteiger partial charge is 0.497 e. The van der Waals surface area contributed by atoms with Gasteiger partial charge < -0.3 is 10.1 Å². The van der Waals surface area contributed by atoms with Crippen LogP contribution in [0.4, 0.5) is 5.82 Å². The standard InChI is InChI=1S/C16H18N4O4/c1-9(2)19-15-12(8-17-19)13(14(20(22)23)16(21)18-15)10-4-6-11(24-3)7-5-10/h4-9,13-14H,1-3H3,(H,18,21)/t13-,14+/m1/s1. The molecule has 0 bridgehead atoms. The zero-order valence-corrected chi connectivity index (χ0v) is 13.6. The number of nitrogens with one attached hydrogen (secondary N) is 1. The van der Waals surface area contributed by atoms with E-state index in [1.165, 1.54) is 0 Å². The Hall–Kier alpha value is -2.90. The topological polar surface area (TPSA) is 99.3 Å². The number of benzene rings is 1. The lowest BCUT2D eigenvalue weighted by molar-refractivity contribution is -0.509. The summed E-state index contributed by atoms with van der Waals surface area (Å²) in [6.45, 7) is 3.86. The van der Waals surface area contributed by atoms with Crippen molar-refractivity contribution in [2.24, 2.45) is 0 Å². The smallest absolute Gasteiger partial charge is 0.301 e. The summed E-state index contributed by atoms with van der Waals surface area (Å²) in [5, 5.41) is 18.4. The van der Waals surface area contributed by atoms with Crippen molar-refractivity contribution in [1.29, 1.82) is 0 Å². The lowest BCUT2D eigenvalue weighted by Crippen LogP contribution is -2.44. The second kappa shape index (κ2) is 5.95. The Kier molecular flexibility index (Phi) is 3.96. The van der Waals surface area contributed by atoms with Crippen LogP contribution in [0.3, 0.4) is 0 Å². The molecular weight excluding hydrogens is 312 g/mol. The van der Waals surface area contributed by atoms with Gasteiger partial charge in [0.2, 0.25) is 0 Å². The van der Waals surface area contributed by atoms with Crippen LogP contribution in [0.1, 0.15) is 36.9 Å². The van der Waals surface area contributed by atoms with Crippen LogP contribution in [-0.2, 0) is 4.79 Å². The van der Waals surface area contributed by atoms with Gasteiger partial charge in [-0.1, -0.05) is 12.1 Å². The first-order valence-electron chi connectivity index (χ1n) is 7.59. The highest BCUT2D eigenvalue weighted by atomic mass is 16.6. The number of ether oxygens (including phenoxy) is 1. The van der Waals surface area contributed by atoms with Crippen LogP contribution >= 0.6 is 0 Å². The Bertz CT molecular complexity index is 782. The third kappa shape index (κ3) is 2.49. The first-order chi connectivity index (χ1) is 11.4. The van der Waals surface area contributed by atoms with Crippen molar-refractivity contribution in [2.45, 2.75) is 31.8 Å². The molecule has 0 unspecified atom stereocenters. The summed E-state index contributed by atoms with van der Waals surface area (Å²) < 4.78 is 6.79. The molecule has 1 aromatic carbocycles. The summed E-state index contributed by atoms with van der Waals surface area (Å²) in [6, 6.07) is 5.58. The lowest BCUT2D eigenvalue weighted by Gasteiger charge is -2.27. The number of carbonyl (C=O) groups excluding carboxylic acids is 1. The molecule has 0 fully saturated rings. The molecule has 8 heteroatoms. The van der Waals surface area contributed by atoms with Gasteiger partial charge >= 0.3 is 11.9 Å². The molecule has 2 heterocycles. The van der Waals surface area contributed by atoms with E-state index >= 15 is 0 Å². The summed E-state index contributed by atoms with van der Waals surface area (Å²) in [6.07, 6.45) is 1.60. The molecule has 0 aliphatic carbocycles. The number of aromatic nitrogens is 2. The van der Waals surface area contributed by atoms with Gasteiger partial charge in [0.25, 0.3) is 0 Å². The summed E-state index contributed by atoms with van der Waals surface area (Å²) in [7, 11) is 1.55. The van der Waals surface area contributed by atoms with Gasteiger partial charge in [0.05, 0.1) is 19.2 Å². The van der Waals surface area contributed by atoms with Crippen LogP contribution in [0.2, 0.25) is 0 Å². The molecule has 24 heavy (non-hydrogen) atoms. The van der Waals surface area contributed by atoms with Crippen molar-refractivity contribution >= 4 is 11.7 Å². The summed E-state index contributed by atoms with van der Waals surface area (Å²) in [5.74, 6) is -0.151. The SMILES string of the molecule is COc1ccc([C@@H]2c3cnn(C(C)C)c3NC(=O)[C@H]2[N+](=O)[O-])cc1. The van der Waals surface area contributed by atoms with Crippen LogP contribution in [0, 0.1) is 10.1 Å². The average molecular weight is 330 g/mol. The summed E-state index contributed by atoms with van der Waals surface area (Å²) in [5.41, 5.74) is 1.33. The van der Waals surface area contributed by atoms with Gasteiger partial charge in [0.1, 0.15) is 11.6 Å². The highest BCUT2D eigenvalue weighted by molar-refractivity contribution is 5.97. The first-order valence-corrected chi connectivity index (χ1v) is 7.59. The quantitative estimate of drug-likeness (QED) is 0.684. The van der Waals surface area contributed by atoms with Crippen molar-refractivity contribution in [1.82, 2.24) is 9.78 Å². The third-order valence-electron chi connectivity index (χ3n) is 4.18. The minimum atomic E-state index is -1.39. The zero-order valence-electron chi connectivity index (χ0n) is 13.6. The summed E-state index contributed by atoms with van der Waals surface area (Å²) in [4.78, 5) is 23.3. The van der Waals surface area contributed by atoms with E-state index in [1.54, 1.807) is 42.3 Å². The maximum Gasteiger partial charge on any atom is 0.301 e. The lowest BCUT2D eigenvalue weighted by atomic mass is 9.83. The number of hydrogen-bond acceptors (Lipinski definition) is 5. The van der Waals surface area contributed by atoms with Gasteiger partial charge in [0, 0.05) is 16.5 Å². The van der Waals surface area contributed by atoms with E-state index in [1.807, 2.05) is 13.8 Å². The van der Waals surface area contributed by atoms with E-state index in [-0.39, 0.29) is 6.04 Å². The maximum absolute atomic E-state index is 12.4. The minimum Gasteiger partial charge on any atom is -0.497 e. The minimum absolute atomic E-state index is 0.0257. The molecule has 1 aliphatic rings. The van der Waals surface area contributed by atoms with E-state index in [0.29, 0.717) is 22.7 Å². The van der Waals surface area contributed by atoms with Gasteiger partial charge in [-0.3, -0.25) is 14.9 Å². The molecule has 1 aromatic heterocycles. The van der Waals surface area contributed by atoms with Crippen molar-refractivity contribution < 1.29 is 14.5 Å². The van der Waals surface area contributed by atoms with E-state index in [0.717, 1.165) is 0 Å². The number of nitro groups is 1. The maximum atomic E-state index is 12.4. The van der Waals surface area contributed by atoms with E-state index in [9.17, 15) is 14.9 Å². The van der Waals surface area contributed by atoms with Crippen molar-refractivity contribution in [3.05, 3.63) is 51.7 Å². The number of anilines is 1. The van der Waals surface area contributed by atoms with Gasteiger partial charge in [-0.05, 0) is 31.5 Å².